The molecular weight excluding hydrogens is 463 g/mol. The molecule has 0 aromatic heterocycles. The molecule has 0 fully saturated rings. The van der Waals surface area contributed by atoms with Crippen LogP contribution in [0.1, 0.15) is 18.0 Å². The predicted molar refractivity (Wildman–Crippen MR) is 105 cm³/mol. The molecule has 0 radical (unpaired) electrons. The van der Waals surface area contributed by atoms with Crippen LogP contribution in [0, 0.1) is 3.57 Å². The largest absolute Gasteiger partial charge is 0.326 e. The van der Waals surface area contributed by atoms with E-state index in [0.717, 1.165) is 9.83 Å². The van der Waals surface area contributed by atoms with E-state index in [2.05, 4.69) is 32.6 Å². The molecule has 0 saturated carbocycles. The van der Waals surface area contributed by atoms with Crippen molar-refractivity contribution in [1.82, 2.24) is 4.72 Å². The predicted octanol–water partition coefficient (Wildman–Crippen LogP) is 3.56. The molecule has 0 saturated heterocycles. The number of carbonyl (C=O) groups excluding carboxylic acids is 1. The maximum Gasteiger partial charge on any atom is 0.226 e. The molecule has 0 aliphatic heterocycles. The van der Waals surface area contributed by atoms with Crippen LogP contribution in [-0.2, 0) is 14.8 Å². The van der Waals surface area contributed by atoms with Crippen LogP contribution in [0.15, 0.2) is 48.5 Å². The number of hydrogen-bond donors (Lipinski definition) is 2. The minimum Gasteiger partial charge on any atom is -0.326 e. The van der Waals surface area contributed by atoms with Crippen LogP contribution in [0.5, 0.6) is 0 Å². The van der Waals surface area contributed by atoms with Gasteiger partial charge in [-0.05, 0) is 64.6 Å². The van der Waals surface area contributed by atoms with E-state index in [1.165, 1.54) is 0 Å². The summed E-state index contributed by atoms with van der Waals surface area (Å²) >= 11 is 8.03. The molecule has 1 atom stereocenters. The van der Waals surface area contributed by atoms with Crippen LogP contribution in [0.3, 0.4) is 0 Å². The molecule has 2 rings (SSSR count). The minimum atomic E-state index is -3.47. The first-order valence-electron chi connectivity index (χ1n) is 7.01. The van der Waals surface area contributed by atoms with E-state index in [9.17, 15) is 13.2 Å². The Bertz CT molecular complexity index is 808. The standard InChI is InChI=1S/C16H16ClIN2O3S/c1-24(22,23)20-15(11-2-4-12(17)5-3-11)10-16(21)19-14-8-6-13(18)7-9-14/h2-9,15,20H,10H2,1H3,(H,19,21)/t15-/m0/s1. The first-order valence-corrected chi connectivity index (χ1v) is 10.4. The van der Waals surface area contributed by atoms with Gasteiger partial charge in [0.25, 0.3) is 0 Å². The number of carbonyl (C=O) groups is 1. The van der Waals surface area contributed by atoms with Gasteiger partial charge in [0.2, 0.25) is 15.9 Å². The highest BCUT2D eigenvalue weighted by Crippen LogP contribution is 2.21. The van der Waals surface area contributed by atoms with E-state index in [4.69, 9.17) is 11.6 Å². The molecule has 24 heavy (non-hydrogen) atoms. The fourth-order valence-corrected chi connectivity index (χ4v) is 3.33. The van der Waals surface area contributed by atoms with Gasteiger partial charge in [-0.3, -0.25) is 4.79 Å². The monoisotopic (exact) mass is 478 g/mol. The number of benzene rings is 2. The van der Waals surface area contributed by atoms with Gasteiger partial charge >= 0.3 is 0 Å². The number of rotatable bonds is 6. The number of sulfonamides is 1. The highest BCUT2D eigenvalue weighted by atomic mass is 127. The summed E-state index contributed by atoms with van der Waals surface area (Å²) in [6.07, 6.45) is 1.04. The first-order chi connectivity index (χ1) is 11.2. The molecule has 1 amide bonds. The van der Waals surface area contributed by atoms with Crippen molar-refractivity contribution in [3.05, 3.63) is 62.7 Å². The summed E-state index contributed by atoms with van der Waals surface area (Å²) in [6, 6.07) is 13.4. The smallest absolute Gasteiger partial charge is 0.226 e. The molecule has 0 unspecified atom stereocenters. The summed E-state index contributed by atoms with van der Waals surface area (Å²) in [5.74, 6) is -0.285. The van der Waals surface area contributed by atoms with Crippen molar-refractivity contribution >= 4 is 55.8 Å². The molecule has 2 N–H and O–H groups in total. The molecule has 8 heteroatoms. The molecule has 128 valence electrons. The van der Waals surface area contributed by atoms with Gasteiger partial charge in [0.05, 0.1) is 12.3 Å². The summed E-state index contributed by atoms with van der Waals surface area (Å²) in [6.45, 7) is 0. The van der Waals surface area contributed by atoms with Gasteiger partial charge in [-0.1, -0.05) is 23.7 Å². The van der Waals surface area contributed by atoms with Gasteiger partial charge in [-0.2, -0.15) is 0 Å². The normalized spacial score (nSPS) is 12.6. The average Bonchev–Trinajstić information content (AvgIpc) is 2.48. The second-order valence-electron chi connectivity index (χ2n) is 5.25. The highest BCUT2D eigenvalue weighted by molar-refractivity contribution is 14.1. The Kier molecular flexibility index (Phi) is 6.62. The summed E-state index contributed by atoms with van der Waals surface area (Å²) in [5, 5.41) is 3.31. The Hall–Kier alpha value is -1.16. The van der Waals surface area contributed by atoms with Crippen LogP contribution in [0.2, 0.25) is 5.02 Å². The van der Waals surface area contributed by atoms with Crippen LogP contribution >= 0.6 is 34.2 Å². The third-order valence-corrected chi connectivity index (χ3v) is 4.83. The van der Waals surface area contributed by atoms with Gasteiger partial charge < -0.3 is 5.32 Å². The van der Waals surface area contributed by atoms with Gasteiger partial charge in [0.15, 0.2) is 0 Å². The van der Waals surface area contributed by atoms with Crippen molar-refractivity contribution in [2.45, 2.75) is 12.5 Å². The molecule has 5 nitrogen and oxygen atoms in total. The summed E-state index contributed by atoms with van der Waals surface area (Å²) in [7, 11) is -3.47. The van der Waals surface area contributed by atoms with Crippen molar-refractivity contribution in [3.8, 4) is 0 Å². The Labute approximate surface area is 160 Å². The Morgan fingerprint density at radius 1 is 1.12 bits per heavy atom. The van der Waals surface area contributed by atoms with E-state index in [0.29, 0.717) is 16.3 Å². The molecule has 0 heterocycles. The van der Waals surface area contributed by atoms with Crippen molar-refractivity contribution in [3.63, 3.8) is 0 Å². The number of anilines is 1. The Balaban J connectivity index is 2.13. The Morgan fingerprint density at radius 2 is 1.71 bits per heavy atom. The van der Waals surface area contributed by atoms with Crippen LogP contribution in [0.4, 0.5) is 5.69 Å². The lowest BCUT2D eigenvalue weighted by molar-refractivity contribution is -0.116. The Morgan fingerprint density at radius 3 is 2.25 bits per heavy atom. The number of nitrogens with one attached hydrogen (secondary N) is 2. The fourth-order valence-electron chi connectivity index (χ4n) is 2.11. The highest BCUT2D eigenvalue weighted by Gasteiger charge is 2.20. The van der Waals surface area contributed by atoms with Gasteiger partial charge in [-0.15, -0.1) is 0 Å². The first kappa shape index (κ1) is 19.2. The van der Waals surface area contributed by atoms with E-state index < -0.39 is 16.1 Å². The van der Waals surface area contributed by atoms with Crippen LogP contribution < -0.4 is 10.0 Å². The molecule has 0 bridgehead atoms. The van der Waals surface area contributed by atoms with Gasteiger partial charge in [0.1, 0.15) is 0 Å². The van der Waals surface area contributed by atoms with Crippen molar-refractivity contribution in [2.75, 3.05) is 11.6 Å². The zero-order valence-corrected chi connectivity index (χ0v) is 16.5. The van der Waals surface area contributed by atoms with E-state index in [1.54, 1.807) is 36.4 Å². The quantitative estimate of drug-likeness (QED) is 0.624. The summed E-state index contributed by atoms with van der Waals surface area (Å²) in [4.78, 5) is 12.3. The van der Waals surface area contributed by atoms with Crippen molar-refractivity contribution in [2.24, 2.45) is 0 Å². The lowest BCUT2D eigenvalue weighted by atomic mass is 10.0. The van der Waals surface area contributed by atoms with Gasteiger partial charge in [0, 0.05) is 20.7 Å². The van der Waals surface area contributed by atoms with Crippen molar-refractivity contribution < 1.29 is 13.2 Å². The maximum absolute atomic E-state index is 12.3. The zero-order valence-electron chi connectivity index (χ0n) is 12.8. The molecule has 0 aliphatic rings. The minimum absolute atomic E-state index is 0.0271. The number of amides is 1. The second kappa shape index (κ2) is 8.28. The van der Waals surface area contributed by atoms with E-state index >= 15 is 0 Å². The second-order valence-corrected chi connectivity index (χ2v) is 8.72. The van der Waals surface area contributed by atoms with E-state index in [1.807, 2.05) is 12.1 Å². The molecule has 2 aromatic carbocycles. The number of halogens is 2. The lowest BCUT2D eigenvalue weighted by Crippen LogP contribution is -2.30. The molecule has 2 aromatic rings. The lowest BCUT2D eigenvalue weighted by Gasteiger charge is -2.18. The molecular formula is C16H16ClIN2O3S. The summed E-state index contributed by atoms with van der Waals surface area (Å²) in [5.41, 5.74) is 1.33. The zero-order chi connectivity index (χ0) is 17.7. The van der Waals surface area contributed by atoms with E-state index in [-0.39, 0.29) is 12.3 Å². The fraction of sp³-hybridized carbons (Fsp3) is 0.188. The van der Waals surface area contributed by atoms with Crippen LogP contribution in [0.25, 0.3) is 0 Å². The molecule has 0 spiro atoms. The SMILES string of the molecule is CS(=O)(=O)N[C@@H](CC(=O)Nc1ccc(I)cc1)c1ccc(Cl)cc1. The molecule has 0 aliphatic carbocycles. The average molecular weight is 479 g/mol. The number of hydrogen-bond acceptors (Lipinski definition) is 3. The summed E-state index contributed by atoms with van der Waals surface area (Å²) < 4.78 is 26.7. The third kappa shape index (κ3) is 6.39. The van der Waals surface area contributed by atoms with Gasteiger partial charge in [-0.25, -0.2) is 13.1 Å². The van der Waals surface area contributed by atoms with Crippen molar-refractivity contribution in [1.29, 1.82) is 0 Å². The third-order valence-electron chi connectivity index (χ3n) is 3.15. The van der Waals surface area contributed by atoms with Crippen LogP contribution in [-0.4, -0.2) is 20.6 Å². The maximum atomic E-state index is 12.3. The topological polar surface area (TPSA) is 75.3 Å².